The van der Waals surface area contributed by atoms with Crippen LogP contribution in [0.15, 0.2) is 65.7 Å². The fourth-order valence-electron chi connectivity index (χ4n) is 1.37. The van der Waals surface area contributed by atoms with Crippen LogP contribution in [-0.2, 0) is 0 Å². The van der Waals surface area contributed by atoms with Crippen LogP contribution >= 0.6 is 0 Å². The van der Waals surface area contributed by atoms with Gasteiger partial charge in [-0.2, -0.15) is 0 Å². The molecule has 0 saturated heterocycles. The van der Waals surface area contributed by atoms with Crippen molar-refractivity contribution in [2.75, 3.05) is 0 Å². The Hall–Kier alpha value is -2.22. The maximum Gasteiger partial charge on any atom is 0.123 e. The van der Waals surface area contributed by atoms with Gasteiger partial charge >= 0.3 is 0 Å². The number of hydrogen-bond donors (Lipinski definition) is 0. The number of allylic oxidation sites excluding steroid dienone is 1. The first-order chi connectivity index (χ1) is 8.34. The lowest BCUT2D eigenvalue weighted by Crippen LogP contribution is -1.72. The molecule has 0 heterocycles. The molecule has 2 aromatic rings. The first-order valence-corrected chi connectivity index (χ1v) is 5.36. The van der Waals surface area contributed by atoms with Crippen molar-refractivity contribution < 1.29 is 4.39 Å². The highest BCUT2D eigenvalue weighted by molar-refractivity contribution is 5.80. The average Bonchev–Trinajstić information content (AvgIpc) is 2.38. The lowest BCUT2D eigenvalue weighted by molar-refractivity contribution is 0.628. The molecule has 84 valence electrons. The lowest BCUT2D eigenvalue weighted by Gasteiger charge is -1.91. The molecule has 0 radical (unpaired) electrons. The zero-order valence-electron chi connectivity index (χ0n) is 9.25. The minimum Gasteiger partial charge on any atom is -0.257 e. The summed E-state index contributed by atoms with van der Waals surface area (Å²) < 4.78 is 12.6. The molecular formula is C15H12FN. The SMILES string of the molecule is Fc1ccc(/N=C/C=C/c2ccccc2)cc1. The van der Waals surface area contributed by atoms with E-state index in [2.05, 4.69) is 4.99 Å². The Morgan fingerprint density at radius 1 is 0.882 bits per heavy atom. The van der Waals surface area contributed by atoms with E-state index in [0.29, 0.717) is 0 Å². The second-order valence-electron chi connectivity index (χ2n) is 3.52. The molecule has 2 heteroatoms. The van der Waals surface area contributed by atoms with Crippen LogP contribution in [0, 0.1) is 5.82 Å². The van der Waals surface area contributed by atoms with Gasteiger partial charge in [-0.3, -0.25) is 4.99 Å². The standard InChI is InChI=1S/C15H12FN/c16-14-8-10-15(11-9-14)17-12-4-7-13-5-2-1-3-6-13/h1-12H/b7-4+,17-12+. The molecule has 2 aromatic carbocycles. The normalized spacial score (nSPS) is 11.4. The summed E-state index contributed by atoms with van der Waals surface area (Å²) in [6, 6.07) is 16.0. The van der Waals surface area contributed by atoms with E-state index in [4.69, 9.17) is 0 Å². The molecule has 0 aliphatic heterocycles. The highest BCUT2D eigenvalue weighted by Crippen LogP contribution is 2.11. The zero-order valence-corrected chi connectivity index (χ0v) is 9.25. The maximum atomic E-state index is 12.6. The second kappa shape index (κ2) is 5.75. The van der Waals surface area contributed by atoms with Gasteiger partial charge in [0.05, 0.1) is 5.69 Å². The number of hydrogen-bond acceptors (Lipinski definition) is 1. The summed E-state index contributed by atoms with van der Waals surface area (Å²) in [7, 11) is 0. The summed E-state index contributed by atoms with van der Waals surface area (Å²) in [4.78, 5) is 4.18. The summed E-state index contributed by atoms with van der Waals surface area (Å²) in [6.45, 7) is 0. The predicted molar refractivity (Wildman–Crippen MR) is 70.0 cm³/mol. The van der Waals surface area contributed by atoms with Crippen molar-refractivity contribution in [1.82, 2.24) is 0 Å². The van der Waals surface area contributed by atoms with Crippen LogP contribution < -0.4 is 0 Å². The molecule has 0 spiro atoms. The Balaban J connectivity index is 1.98. The van der Waals surface area contributed by atoms with Crippen molar-refractivity contribution in [3.05, 3.63) is 72.1 Å². The fourth-order valence-corrected chi connectivity index (χ4v) is 1.37. The topological polar surface area (TPSA) is 12.4 Å². The Kier molecular flexibility index (Phi) is 3.81. The minimum atomic E-state index is -0.247. The van der Waals surface area contributed by atoms with Gasteiger partial charge in [0.15, 0.2) is 0 Å². The first kappa shape index (κ1) is 11.3. The van der Waals surface area contributed by atoms with Gasteiger partial charge in [-0.05, 0) is 35.9 Å². The summed E-state index contributed by atoms with van der Waals surface area (Å²) in [5.41, 5.74) is 1.86. The number of nitrogens with zero attached hydrogens (tertiary/aromatic N) is 1. The molecule has 17 heavy (non-hydrogen) atoms. The summed E-state index contributed by atoms with van der Waals surface area (Å²) in [5.74, 6) is -0.247. The Morgan fingerprint density at radius 2 is 1.59 bits per heavy atom. The van der Waals surface area contributed by atoms with E-state index in [-0.39, 0.29) is 5.82 Å². The average molecular weight is 225 g/mol. The molecule has 1 nitrogen and oxygen atoms in total. The molecule has 0 aromatic heterocycles. The van der Waals surface area contributed by atoms with Crippen molar-refractivity contribution in [2.24, 2.45) is 4.99 Å². The van der Waals surface area contributed by atoms with Gasteiger partial charge in [0, 0.05) is 6.21 Å². The van der Waals surface area contributed by atoms with E-state index >= 15 is 0 Å². The van der Waals surface area contributed by atoms with Crippen LogP contribution in [-0.4, -0.2) is 6.21 Å². The van der Waals surface area contributed by atoms with Crippen molar-refractivity contribution in [3.63, 3.8) is 0 Å². The van der Waals surface area contributed by atoms with Gasteiger partial charge in [0.2, 0.25) is 0 Å². The van der Waals surface area contributed by atoms with E-state index in [0.717, 1.165) is 11.3 Å². The zero-order chi connectivity index (χ0) is 11.9. The largest absolute Gasteiger partial charge is 0.257 e. The number of rotatable bonds is 3. The molecule has 0 atom stereocenters. The molecular weight excluding hydrogens is 213 g/mol. The van der Waals surface area contributed by atoms with E-state index in [1.807, 2.05) is 42.5 Å². The summed E-state index contributed by atoms with van der Waals surface area (Å²) in [5, 5.41) is 0. The lowest BCUT2D eigenvalue weighted by atomic mass is 10.2. The third kappa shape index (κ3) is 3.68. The molecule has 2 rings (SSSR count). The molecule has 0 aliphatic carbocycles. The molecule has 0 bridgehead atoms. The fraction of sp³-hybridized carbons (Fsp3) is 0. The number of aliphatic imine (C=N–C) groups is 1. The maximum absolute atomic E-state index is 12.6. The van der Waals surface area contributed by atoms with Crippen LogP contribution in [0.3, 0.4) is 0 Å². The van der Waals surface area contributed by atoms with Gasteiger partial charge < -0.3 is 0 Å². The van der Waals surface area contributed by atoms with Crippen LogP contribution in [0.5, 0.6) is 0 Å². The summed E-state index contributed by atoms with van der Waals surface area (Å²) in [6.07, 6.45) is 5.52. The molecule has 0 aliphatic rings. The van der Waals surface area contributed by atoms with E-state index in [1.54, 1.807) is 18.3 Å². The van der Waals surface area contributed by atoms with Crippen molar-refractivity contribution >= 4 is 18.0 Å². The molecule has 0 N–H and O–H groups in total. The minimum absolute atomic E-state index is 0.247. The van der Waals surface area contributed by atoms with Gasteiger partial charge in [-0.15, -0.1) is 0 Å². The van der Waals surface area contributed by atoms with Crippen LogP contribution in [0.25, 0.3) is 6.08 Å². The Labute approximate surface area is 100.0 Å². The molecule has 0 unspecified atom stereocenters. The third-order valence-electron chi connectivity index (χ3n) is 2.22. The van der Waals surface area contributed by atoms with Gasteiger partial charge in [0.25, 0.3) is 0 Å². The van der Waals surface area contributed by atoms with Gasteiger partial charge in [-0.25, -0.2) is 4.39 Å². The van der Waals surface area contributed by atoms with Crippen molar-refractivity contribution in [2.45, 2.75) is 0 Å². The molecule has 0 fully saturated rings. The van der Waals surface area contributed by atoms with Crippen molar-refractivity contribution in [3.8, 4) is 0 Å². The Bertz CT molecular complexity index is 512. The number of benzene rings is 2. The summed E-state index contributed by atoms with van der Waals surface area (Å²) >= 11 is 0. The van der Waals surface area contributed by atoms with Crippen molar-refractivity contribution in [1.29, 1.82) is 0 Å². The third-order valence-corrected chi connectivity index (χ3v) is 2.22. The van der Waals surface area contributed by atoms with E-state index in [9.17, 15) is 4.39 Å². The van der Waals surface area contributed by atoms with E-state index in [1.165, 1.54) is 12.1 Å². The molecule has 0 saturated carbocycles. The highest BCUT2D eigenvalue weighted by atomic mass is 19.1. The van der Waals surface area contributed by atoms with Crippen LogP contribution in [0.2, 0.25) is 0 Å². The van der Waals surface area contributed by atoms with E-state index < -0.39 is 0 Å². The quantitative estimate of drug-likeness (QED) is 0.693. The Morgan fingerprint density at radius 3 is 2.29 bits per heavy atom. The second-order valence-corrected chi connectivity index (χ2v) is 3.52. The van der Waals surface area contributed by atoms with Gasteiger partial charge in [0.1, 0.15) is 5.82 Å². The predicted octanol–water partition coefficient (Wildman–Crippen LogP) is 4.24. The highest BCUT2D eigenvalue weighted by Gasteiger charge is 1.88. The monoisotopic (exact) mass is 225 g/mol. The van der Waals surface area contributed by atoms with Gasteiger partial charge in [-0.1, -0.05) is 36.4 Å². The van der Waals surface area contributed by atoms with Crippen LogP contribution in [0.1, 0.15) is 5.56 Å². The first-order valence-electron chi connectivity index (χ1n) is 5.36. The smallest absolute Gasteiger partial charge is 0.123 e. The van der Waals surface area contributed by atoms with Crippen LogP contribution in [0.4, 0.5) is 10.1 Å². The number of halogens is 1. The molecule has 0 amide bonds.